The monoisotopic (exact) mass is 498 g/mol. The lowest BCUT2D eigenvalue weighted by molar-refractivity contribution is -0.136. The van der Waals surface area contributed by atoms with E-state index in [1.165, 1.54) is 17.8 Å². The van der Waals surface area contributed by atoms with Crippen LogP contribution in [0, 0.1) is 19.7 Å². The molecule has 1 aliphatic heterocycles. The predicted molar refractivity (Wildman–Crippen MR) is 128 cm³/mol. The average molecular weight is 499 g/mol. The third kappa shape index (κ3) is 6.26. The normalized spacial score (nSPS) is 14.2. The molecule has 35 heavy (non-hydrogen) atoms. The number of amides is 1. The molecule has 0 radical (unpaired) electrons. The average Bonchev–Trinajstić information content (AvgIpc) is 3.20. The van der Waals surface area contributed by atoms with Crippen LogP contribution in [0.1, 0.15) is 32.9 Å². The largest absolute Gasteiger partial charge is 0.452 e. The first-order chi connectivity index (χ1) is 16.9. The lowest BCUT2D eigenvalue weighted by atomic mass is 10.2. The van der Waals surface area contributed by atoms with Gasteiger partial charge in [0.15, 0.2) is 6.61 Å². The zero-order valence-electron chi connectivity index (χ0n) is 19.7. The highest BCUT2D eigenvalue weighted by Gasteiger charge is 2.24. The highest BCUT2D eigenvalue weighted by molar-refractivity contribution is 7.98. The first-order valence-electron chi connectivity index (χ1n) is 11.3. The first kappa shape index (κ1) is 24.9. The molecule has 0 N–H and O–H groups in total. The third-order valence-electron chi connectivity index (χ3n) is 5.93. The van der Waals surface area contributed by atoms with Gasteiger partial charge in [0, 0.05) is 55.8 Å². The highest BCUT2D eigenvalue weighted by Crippen LogP contribution is 2.27. The van der Waals surface area contributed by atoms with Crippen LogP contribution in [-0.2, 0) is 21.8 Å². The lowest BCUT2D eigenvalue weighted by Gasteiger charge is -2.34. The lowest BCUT2D eigenvalue weighted by Crippen LogP contribution is -2.49. The van der Waals surface area contributed by atoms with Gasteiger partial charge in [0.1, 0.15) is 16.6 Å². The Morgan fingerprint density at radius 3 is 2.60 bits per heavy atom. The Balaban J connectivity index is 1.27. The van der Waals surface area contributed by atoms with Crippen LogP contribution in [0.25, 0.3) is 0 Å². The van der Waals surface area contributed by atoms with Crippen molar-refractivity contribution >= 4 is 23.6 Å². The second-order valence-corrected chi connectivity index (χ2v) is 9.24. The fourth-order valence-electron chi connectivity index (χ4n) is 3.83. The number of carbonyl (C=O) groups is 2. The summed E-state index contributed by atoms with van der Waals surface area (Å²) in [5, 5.41) is 4.47. The van der Waals surface area contributed by atoms with Gasteiger partial charge in [0.05, 0.1) is 11.3 Å². The van der Waals surface area contributed by atoms with Crippen molar-refractivity contribution in [2.75, 3.05) is 32.8 Å². The topological polar surface area (TPSA) is 88.8 Å². The van der Waals surface area contributed by atoms with Crippen molar-refractivity contribution in [1.82, 2.24) is 19.9 Å². The fraction of sp³-hybridized carbons (Fsp3) is 0.360. The number of aryl methyl sites for hydroxylation is 2. The Kier molecular flexibility index (Phi) is 8.14. The van der Waals surface area contributed by atoms with Gasteiger partial charge >= 0.3 is 5.97 Å². The molecule has 0 unspecified atom stereocenters. The SMILES string of the molecule is Cc1noc(C)c1CSc1ncccc1C(=O)OCC(=O)N1CCN(Cc2ccccc2F)CC1. The van der Waals surface area contributed by atoms with Gasteiger partial charge in [-0.05, 0) is 32.0 Å². The van der Waals surface area contributed by atoms with Crippen molar-refractivity contribution in [2.45, 2.75) is 31.2 Å². The molecule has 10 heteroatoms. The van der Waals surface area contributed by atoms with E-state index in [1.54, 1.807) is 35.4 Å². The minimum atomic E-state index is -0.592. The number of benzene rings is 1. The summed E-state index contributed by atoms with van der Waals surface area (Å²) in [5.41, 5.74) is 2.71. The number of ether oxygens (including phenoxy) is 1. The van der Waals surface area contributed by atoms with Crippen LogP contribution in [-0.4, -0.2) is 64.6 Å². The standard InChI is InChI=1S/C25H27FN4O4S/c1-17-21(18(2)34-28-17)16-35-24-20(7-5-9-27-24)25(32)33-15-23(31)30-12-10-29(11-13-30)14-19-6-3-4-8-22(19)26/h3-9H,10-16H2,1-2H3. The minimum Gasteiger partial charge on any atom is -0.452 e. The number of hydrogen-bond donors (Lipinski definition) is 0. The van der Waals surface area contributed by atoms with E-state index in [0.717, 1.165) is 17.0 Å². The summed E-state index contributed by atoms with van der Waals surface area (Å²) in [7, 11) is 0. The van der Waals surface area contributed by atoms with E-state index in [0.29, 0.717) is 54.6 Å². The van der Waals surface area contributed by atoms with Crippen LogP contribution in [0.5, 0.6) is 0 Å². The first-order valence-corrected chi connectivity index (χ1v) is 12.3. The van der Waals surface area contributed by atoms with Crippen LogP contribution >= 0.6 is 11.8 Å². The van der Waals surface area contributed by atoms with Gasteiger partial charge in [-0.2, -0.15) is 0 Å². The van der Waals surface area contributed by atoms with E-state index in [1.807, 2.05) is 19.9 Å². The second-order valence-electron chi connectivity index (χ2n) is 8.27. The molecule has 0 spiro atoms. The van der Waals surface area contributed by atoms with Crippen LogP contribution in [0.2, 0.25) is 0 Å². The van der Waals surface area contributed by atoms with E-state index in [4.69, 9.17) is 9.26 Å². The maximum Gasteiger partial charge on any atom is 0.341 e. The van der Waals surface area contributed by atoms with Crippen molar-refractivity contribution in [3.63, 3.8) is 0 Å². The molecule has 1 fully saturated rings. The molecular formula is C25H27FN4O4S. The van der Waals surface area contributed by atoms with E-state index >= 15 is 0 Å². The van der Waals surface area contributed by atoms with Crippen LogP contribution in [0.3, 0.4) is 0 Å². The minimum absolute atomic E-state index is 0.224. The number of piperazine rings is 1. The number of thioether (sulfide) groups is 1. The second kappa shape index (κ2) is 11.5. The molecule has 1 saturated heterocycles. The number of hydrogen-bond acceptors (Lipinski definition) is 8. The summed E-state index contributed by atoms with van der Waals surface area (Å²) < 4.78 is 24.4. The summed E-state index contributed by atoms with van der Waals surface area (Å²) in [4.78, 5) is 33.4. The number of esters is 1. The quantitative estimate of drug-likeness (QED) is 0.344. The van der Waals surface area contributed by atoms with Crippen molar-refractivity contribution < 1.29 is 23.2 Å². The molecule has 3 aromatic rings. The predicted octanol–water partition coefficient (Wildman–Crippen LogP) is 3.62. The van der Waals surface area contributed by atoms with Gasteiger partial charge < -0.3 is 14.2 Å². The molecule has 1 aliphatic rings. The molecule has 0 aliphatic carbocycles. The number of rotatable bonds is 8. The molecule has 1 amide bonds. The maximum atomic E-state index is 13.9. The molecule has 0 atom stereocenters. The Morgan fingerprint density at radius 2 is 1.89 bits per heavy atom. The summed E-state index contributed by atoms with van der Waals surface area (Å²) >= 11 is 1.39. The van der Waals surface area contributed by atoms with E-state index in [2.05, 4.69) is 15.0 Å². The molecule has 0 bridgehead atoms. The Bertz CT molecular complexity index is 1170. The van der Waals surface area contributed by atoms with Crippen molar-refractivity contribution in [1.29, 1.82) is 0 Å². The molecule has 0 saturated carbocycles. The molecular weight excluding hydrogens is 471 g/mol. The van der Waals surface area contributed by atoms with E-state index in [9.17, 15) is 14.0 Å². The fourth-order valence-corrected chi connectivity index (χ4v) is 4.96. The number of aromatic nitrogens is 2. The van der Waals surface area contributed by atoms with Gasteiger partial charge in [-0.1, -0.05) is 23.4 Å². The van der Waals surface area contributed by atoms with Gasteiger partial charge in [0.25, 0.3) is 5.91 Å². The van der Waals surface area contributed by atoms with Crippen LogP contribution < -0.4 is 0 Å². The summed E-state index contributed by atoms with van der Waals surface area (Å²) in [6.45, 7) is 6.11. The smallest absolute Gasteiger partial charge is 0.341 e. The summed E-state index contributed by atoms with van der Waals surface area (Å²) in [5.74, 6) is 0.213. The van der Waals surface area contributed by atoms with Crippen molar-refractivity contribution in [3.05, 3.63) is 76.6 Å². The Labute approximate surface area is 207 Å². The number of nitrogens with zero attached hydrogens (tertiary/aromatic N) is 4. The zero-order chi connectivity index (χ0) is 24.8. The molecule has 2 aromatic heterocycles. The van der Waals surface area contributed by atoms with E-state index in [-0.39, 0.29) is 18.3 Å². The van der Waals surface area contributed by atoms with Gasteiger partial charge in [-0.15, -0.1) is 11.8 Å². The molecule has 4 rings (SSSR count). The van der Waals surface area contributed by atoms with E-state index < -0.39 is 5.97 Å². The molecule has 8 nitrogen and oxygen atoms in total. The van der Waals surface area contributed by atoms with Gasteiger partial charge in [-0.3, -0.25) is 9.69 Å². The number of halogens is 1. The maximum absolute atomic E-state index is 13.9. The van der Waals surface area contributed by atoms with Crippen molar-refractivity contribution in [3.8, 4) is 0 Å². The number of pyridine rings is 1. The van der Waals surface area contributed by atoms with Crippen LogP contribution in [0.15, 0.2) is 52.1 Å². The Hall–Kier alpha value is -3.24. The molecule has 184 valence electrons. The van der Waals surface area contributed by atoms with Gasteiger partial charge in [-0.25, -0.2) is 14.2 Å². The zero-order valence-corrected chi connectivity index (χ0v) is 20.5. The Morgan fingerprint density at radius 1 is 1.11 bits per heavy atom. The third-order valence-corrected chi connectivity index (χ3v) is 6.96. The molecule has 1 aromatic carbocycles. The number of carbonyl (C=O) groups excluding carboxylic acids is 2. The summed E-state index contributed by atoms with van der Waals surface area (Å²) in [6, 6.07) is 10.0. The highest BCUT2D eigenvalue weighted by atomic mass is 32.2. The molecule has 3 heterocycles. The van der Waals surface area contributed by atoms with Gasteiger partial charge in [0.2, 0.25) is 0 Å². The van der Waals surface area contributed by atoms with Crippen LogP contribution in [0.4, 0.5) is 4.39 Å². The summed E-state index contributed by atoms with van der Waals surface area (Å²) in [6.07, 6.45) is 1.61. The van der Waals surface area contributed by atoms with Crippen molar-refractivity contribution in [2.24, 2.45) is 0 Å².